The van der Waals surface area contributed by atoms with Crippen molar-refractivity contribution in [2.24, 2.45) is 5.92 Å². The topological polar surface area (TPSA) is 15.7 Å². The Bertz CT molecular complexity index is 537. The minimum Gasteiger partial charge on any atom is -0.381 e. The largest absolute Gasteiger partial charge is 0.381 e. The first-order valence-electron chi connectivity index (χ1n) is 10.1. The number of hydrogen-bond donors (Lipinski definition) is 0. The molecular weight excluding hydrogens is 308 g/mol. The van der Waals surface area contributed by atoms with Gasteiger partial charge in [0.15, 0.2) is 0 Å². The first kappa shape index (κ1) is 18.9. The van der Waals surface area contributed by atoms with Crippen LogP contribution in [-0.2, 0) is 4.74 Å². The fraction of sp³-hybridized carbons (Fsp3) is 0.727. The molecule has 1 saturated heterocycles. The summed E-state index contributed by atoms with van der Waals surface area (Å²) in [6, 6.07) is 9.60. The van der Waals surface area contributed by atoms with E-state index >= 15 is 0 Å². The second kappa shape index (κ2) is 8.66. The number of hydrogen-bond acceptors (Lipinski definition) is 3. The van der Waals surface area contributed by atoms with Gasteiger partial charge in [-0.1, -0.05) is 38.1 Å². The highest BCUT2D eigenvalue weighted by molar-refractivity contribution is 5.33. The van der Waals surface area contributed by atoms with Crippen LogP contribution in [0, 0.1) is 5.92 Å². The number of ether oxygens (including phenoxy) is 1. The Labute approximate surface area is 154 Å². The zero-order valence-electron chi connectivity index (χ0n) is 16.6. The molecule has 0 N–H and O–H groups in total. The molecule has 0 bridgehead atoms. The second-order valence-electron chi connectivity index (χ2n) is 8.42. The SMILES string of the molecule is COC1CCC(CN2CCN(C)C(c3ccccc3C(C)C)C2)CC1. The summed E-state index contributed by atoms with van der Waals surface area (Å²) in [7, 11) is 4.16. The van der Waals surface area contributed by atoms with Crippen LogP contribution in [0.3, 0.4) is 0 Å². The van der Waals surface area contributed by atoms with Gasteiger partial charge in [0.2, 0.25) is 0 Å². The molecule has 2 aliphatic rings. The van der Waals surface area contributed by atoms with E-state index in [-0.39, 0.29) is 0 Å². The lowest BCUT2D eigenvalue weighted by atomic mass is 9.86. The molecule has 1 unspecified atom stereocenters. The molecule has 1 aliphatic carbocycles. The highest BCUT2D eigenvalue weighted by Crippen LogP contribution is 2.32. The van der Waals surface area contributed by atoms with Gasteiger partial charge in [-0.2, -0.15) is 0 Å². The molecule has 1 aliphatic heterocycles. The van der Waals surface area contributed by atoms with Gasteiger partial charge in [-0.15, -0.1) is 0 Å². The average Bonchev–Trinajstić information content (AvgIpc) is 2.64. The Kier molecular flexibility index (Phi) is 6.54. The summed E-state index contributed by atoms with van der Waals surface area (Å²) in [4.78, 5) is 5.28. The number of rotatable bonds is 5. The molecule has 140 valence electrons. The highest BCUT2D eigenvalue weighted by atomic mass is 16.5. The summed E-state index contributed by atoms with van der Waals surface area (Å²) in [6.45, 7) is 9.45. The van der Waals surface area contributed by atoms with Crippen LogP contribution in [0.25, 0.3) is 0 Å². The molecule has 1 aromatic rings. The molecule has 1 atom stereocenters. The van der Waals surface area contributed by atoms with Gasteiger partial charge < -0.3 is 4.74 Å². The Balaban J connectivity index is 1.64. The summed E-state index contributed by atoms with van der Waals surface area (Å²) < 4.78 is 5.53. The van der Waals surface area contributed by atoms with Gasteiger partial charge in [0, 0.05) is 39.3 Å². The van der Waals surface area contributed by atoms with Crippen LogP contribution < -0.4 is 0 Å². The Morgan fingerprint density at radius 1 is 1.08 bits per heavy atom. The van der Waals surface area contributed by atoms with Crippen molar-refractivity contribution >= 4 is 0 Å². The summed E-state index contributed by atoms with van der Waals surface area (Å²) in [5.74, 6) is 1.44. The van der Waals surface area contributed by atoms with Gasteiger partial charge in [-0.3, -0.25) is 9.80 Å². The van der Waals surface area contributed by atoms with Crippen LogP contribution in [0.5, 0.6) is 0 Å². The summed E-state index contributed by atoms with van der Waals surface area (Å²) >= 11 is 0. The van der Waals surface area contributed by atoms with Crippen LogP contribution in [0.15, 0.2) is 24.3 Å². The Hall–Kier alpha value is -0.900. The van der Waals surface area contributed by atoms with Crippen LogP contribution in [-0.4, -0.2) is 56.2 Å². The van der Waals surface area contributed by atoms with Gasteiger partial charge in [-0.25, -0.2) is 0 Å². The van der Waals surface area contributed by atoms with Crippen LogP contribution in [0.1, 0.15) is 62.6 Å². The van der Waals surface area contributed by atoms with E-state index in [0.717, 1.165) is 5.92 Å². The van der Waals surface area contributed by atoms with Crippen LogP contribution in [0.2, 0.25) is 0 Å². The van der Waals surface area contributed by atoms with E-state index < -0.39 is 0 Å². The minimum atomic E-state index is 0.509. The van der Waals surface area contributed by atoms with E-state index in [9.17, 15) is 0 Å². The van der Waals surface area contributed by atoms with Gasteiger partial charge in [0.05, 0.1) is 6.10 Å². The molecule has 2 fully saturated rings. The molecule has 0 radical (unpaired) electrons. The Morgan fingerprint density at radius 3 is 2.48 bits per heavy atom. The van der Waals surface area contributed by atoms with Crippen molar-refractivity contribution in [1.82, 2.24) is 9.80 Å². The van der Waals surface area contributed by atoms with E-state index in [2.05, 4.69) is 55.0 Å². The molecule has 0 amide bonds. The van der Waals surface area contributed by atoms with Crippen LogP contribution in [0.4, 0.5) is 0 Å². The lowest BCUT2D eigenvalue weighted by Crippen LogP contribution is -2.48. The third-order valence-electron chi connectivity index (χ3n) is 6.35. The fourth-order valence-corrected chi connectivity index (χ4v) is 4.69. The maximum absolute atomic E-state index is 5.53. The summed E-state index contributed by atoms with van der Waals surface area (Å²) in [5, 5.41) is 0. The van der Waals surface area contributed by atoms with Crippen molar-refractivity contribution in [1.29, 1.82) is 0 Å². The van der Waals surface area contributed by atoms with Crippen LogP contribution >= 0.6 is 0 Å². The number of likely N-dealkylation sites (N-methyl/N-ethyl adjacent to an activating group) is 1. The molecular formula is C22H36N2O. The first-order valence-corrected chi connectivity index (χ1v) is 10.1. The smallest absolute Gasteiger partial charge is 0.0571 e. The molecule has 1 saturated carbocycles. The lowest BCUT2D eigenvalue weighted by molar-refractivity contribution is 0.0370. The first-order chi connectivity index (χ1) is 12.1. The van der Waals surface area contributed by atoms with E-state index in [1.165, 1.54) is 63.0 Å². The maximum atomic E-state index is 5.53. The van der Waals surface area contributed by atoms with Crippen molar-refractivity contribution in [3.05, 3.63) is 35.4 Å². The Morgan fingerprint density at radius 2 is 1.80 bits per heavy atom. The predicted molar refractivity (Wildman–Crippen MR) is 105 cm³/mol. The molecule has 3 heteroatoms. The summed E-state index contributed by atoms with van der Waals surface area (Å²) in [5.41, 5.74) is 3.05. The second-order valence-corrected chi connectivity index (χ2v) is 8.42. The summed E-state index contributed by atoms with van der Waals surface area (Å²) in [6.07, 6.45) is 5.66. The fourth-order valence-electron chi connectivity index (χ4n) is 4.69. The molecule has 1 aromatic carbocycles. The number of benzene rings is 1. The van der Waals surface area contributed by atoms with Crippen molar-refractivity contribution in [3.8, 4) is 0 Å². The average molecular weight is 345 g/mol. The normalized spacial score (nSPS) is 29.2. The molecule has 0 aromatic heterocycles. The van der Waals surface area contributed by atoms with E-state index in [1.807, 2.05) is 7.11 Å². The molecule has 0 spiro atoms. The third-order valence-corrected chi connectivity index (χ3v) is 6.35. The number of methoxy groups -OCH3 is 1. The van der Waals surface area contributed by atoms with Gasteiger partial charge in [0.25, 0.3) is 0 Å². The van der Waals surface area contributed by atoms with Crippen molar-refractivity contribution in [2.75, 3.05) is 40.3 Å². The quantitative estimate of drug-likeness (QED) is 0.792. The van der Waals surface area contributed by atoms with Crippen molar-refractivity contribution in [2.45, 2.75) is 57.6 Å². The van der Waals surface area contributed by atoms with E-state index in [0.29, 0.717) is 18.1 Å². The lowest BCUT2D eigenvalue weighted by Gasteiger charge is -2.42. The van der Waals surface area contributed by atoms with Crippen molar-refractivity contribution < 1.29 is 4.74 Å². The zero-order chi connectivity index (χ0) is 17.8. The molecule has 3 rings (SSSR count). The minimum absolute atomic E-state index is 0.509. The standard InChI is InChI=1S/C22H36N2O/c1-17(2)20-7-5-6-8-21(20)22-16-24(14-13-23(22)3)15-18-9-11-19(25-4)12-10-18/h5-8,17-19,22H,9-16H2,1-4H3. The van der Waals surface area contributed by atoms with Gasteiger partial charge in [0.1, 0.15) is 0 Å². The van der Waals surface area contributed by atoms with E-state index in [1.54, 1.807) is 0 Å². The molecule has 25 heavy (non-hydrogen) atoms. The third kappa shape index (κ3) is 4.64. The van der Waals surface area contributed by atoms with Gasteiger partial charge in [-0.05, 0) is 55.7 Å². The number of piperazine rings is 1. The maximum Gasteiger partial charge on any atom is 0.0571 e. The van der Waals surface area contributed by atoms with Crippen molar-refractivity contribution in [3.63, 3.8) is 0 Å². The monoisotopic (exact) mass is 344 g/mol. The highest BCUT2D eigenvalue weighted by Gasteiger charge is 2.30. The zero-order valence-corrected chi connectivity index (χ0v) is 16.6. The van der Waals surface area contributed by atoms with Gasteiger partial charge >= 0.3 is 0 Å². The molecule has 3 nitrogen and oxygen atoms in total. The predicted octanol–water partition coefficient (Wildman–Crippen LogP) is 4.30. The number of nitrogens with zero attached hydrogens (tertiary/aromatic N) is 2. The van der Waals surface area contributed by atoms with E-state index in [4.69, 9.17) is 4.74 Å². The molecule has 1 heterocycles.